The highest BCUT2D eigenvalue weighted by Crippen LogP contribution is 2.21. The first kappa shape index (κ1) is 23.6. The van der Waals surface area contributed by atoms with Crippen molar-refractivity contribution in [1.82, 2.24) is 0 Å². The van der Waals surface area contributed by atoms with Gasteiger partial charge in [-0.15, -0.1) is 0 Å². The Bertz CT molecular complexity index is 347. The van der Waals surface area contributed by atoms with E-state index in [1.165, 1.54) is 51.4 Å². The second kappa shape index (κ2) is 15.6. The van der Waals surface area contributed by atoms with Crippen LogP contribution in [0.2, 0.25) is 0 Å². The molecule has 5 nitrogen and oxygen atoms in total. The van der Waals surface area contributed by atoms with Crippen molar-refractivity contribution < 1.29 is 24.8 Å². The minimum absolute atomic E-state index is 0.144. The van der Waals surface area contributed by atoms with E-state index >= 15 is 0 Å². The minimum atomic E-state index is -1.01. The van der Waals surface area contributed by atoms with Gasteiger partial charge in [-0.05, 0) is 25.7 Å². The van der Waals surface area contributed by atoms with Crippen LogP contribution in [0.5, 0.6) is 0 Å². The van der Waals surface area contributed by atoms with Gasteiger partial charge in [0.15, 0.2) is 0 Å². The molecule has 0 amide bonds. The zero-order chi connectivity index (χ0) is 19.0. The number of aliphatic hydroxyl groups is 3. The number of hydrogen-bond acceptors (Lipinski definition) is 5. The lowest BCUT2D eigenvalue weighted by Gasteiger charge is -2.23. The number of rotatable bonds is 16. The molecule has 4 atom stereocenters. The largest absolute Gasteiger partial charge is 0.394 e. The molecule has 0 aromatic carbocycles. The normalized spacial score (nSPS) is 24.5. The predicted molar refractivity (Wildman–Crippen MR) is 104 cm³/mol. The maximum absolute atomic E-state index is 9.85. The Labute approximate surface area is 159 Å². The summed E-state index contributed by atoms with van der Waals surface area (Å²) in [7, 11) is 0. The van der Waals surface area contributed by atoms with E-state index in [0.29, 0.717) is 6.61 Å². The zero-order valence-electron chi connectivity index (χ0n) is 16.5. The van der Waals surface area contributed by atoms with Crippen LogP contribution in [0.25, 0.3) is 0 Å². The molecule has 5 heteroatoms. The molecular formula is C21H40O5. The molecule has 26 heavy (non-hydrogen) atoms. The third-order valence-electron chi connectivity index (χ3n) is 4.95. The van der Waals surface area contributed by atoms with Crippen molar-refractivity contribution in [3.8, 4) is 0 Å². The lowest BCUT2D eigenvalue weighted by Crippen LogP contribution is -2.42. The fraction of sp³-hybridized carbons (Fsp3) is 0.905. The molecular weight excluding hydrogens is 332 g/mol. The van der Waals surface area contributed by atoms with Crippen molar-refractivity contribution in [3.63, 3.8) is 0 Å². The Hall–Kier alpha value is -0.460. The van der Waals surface area contributed by atoms with Gasteiger partial charge in [-0.3, -0.25) is 0 Å². The summed E-state index contributed by atoms with van der Waals surface area (Å²) in [6, 6.07) is 0. The second-order valence-electron chi connectivity index (χ2n) is 7.33. The molecule has 1 heterocycles. The smallest absolute Gasteiger partial charge is 0.114 e. The maximum Gasteiger partial charge on any atom is 0.114 e. The molecule has 0 aliphatic carbocycles. The molecule has 3 N–H and O–H groups in total. The molecule has 0 aromatic heterocycles. The number of aliphatic hydroxyl groups excluding tert-OH is 3. The summed E-state index contributed by atoms with van der Waals surface area (Å²) in [6.07, 6.45) is 15.3. The third-order valence-corrected chi connectivity index (χ3v) is 4.95. The summed E-state index contributed by atoms with van der Waals surface area (Å²) in [4.78, 5) is 0. The predicted octanol–water partition coefficient (Wildman–Crippen LogP) is 3.35. The number of allylic oxidation sites excluding steroid dienone is 2. The molecule has 0 unspecified atom stereocenters. The van der Waals surface area contributed by atoms with Crippen molar-refractivity contribution in [2.45, 2.75) is 102 Å². The summed E-state index contributed by atoms with van der Waals surface area (Å²) in [6.45, 7) is 2.52. The van der Waals surface area contributed by atoms with Crippen molar-refractivity contribution in [2.24, 2.45) is 0 Å². The van der Waals surface area contributed by atoms with Crippen molar-refractivity contribution >= 4 is 0 Å². The maximum atomic E-state index is 9.85. The summed E-state index contributed by atoms with van der Waals surface area (Å²) in [5.74, 6) is 0. The van der Waals surface area contributed by atoms with Crippen molar-refractivity contribution in [3.05, 3.63) is 12.2 Å². The van der Waals surface area contributed by atoms with E-state index in [-0.39, 0.29) is 6.61 Å². The average Bonchev–Trinajstić information content (AvgIpc) is 3.02. The molecule has 0 radical (unpaired) electrons. The molecule has 154 valence electrons. The van der Waals surface area contributed by atoms with Crippen LogP contribution in [0.1, 0.15) is 77.6 Å². The number of hydrogen-bond donors (Lipinski definition) is 3. The van der Waals surface area contributed by atoms with E-state index in [2.05, 4.69) is 19.1 Å². The zero-order valence-corrected chi connectivity index (χ0v) is 16.5. The first-order chi connectivity index (χ1) is 12.7. The SMILES string of the molecule is CCCCCCCCCC/C=C/CCCO[C@H]1[C@@H]([C@@H](O)CO)OC[C@H]1O. The molecule has 0 aromatic rings. The standard InChI is InChI=1S/C21H40O5/c1-2-3-4-5-6-7-8-9-10-11-12-13-14-15-25-21-19(24)17-26-20(21)18(23)16-22/h11-12,18-24H,2-10,13-17H2,1H3/b12-11+/t18-,19+,20+,21+/m0/s1. The second-order valence-corrected chi connectivity index (χ2v) is 7.33. The number of unbranched alkanes of at least 4 members (excludes halogenated alkanes) is 9. The van der Waals surface area contributed by atoms with Crippen LogP contribution in [0.3, 0.4) is 0 Å². The molecule has 0 spiro atoms. The fourth-order valence-electron chi connectivity index (χ4n) is 3.31. The van der Waals surface area contributed by atoms with Gasteiger partial charge in [0.1, 0.15) is 24.4 Å². The average molecular weight is 373 g/mol. The molecule has 1 fully saturated rings. The molecule has 0 saturated carbocycles. The van der Waals surface area contributed by atoms with Crippen molar-refractivity contribution in [2.75, 3.05) is 19.8 Å². The Morgan fingerprint density at radius 2 is 1.62 bits per heavy atom. The van der Waals surface area contributed by atoms with Gasteiger partial charge < -0.3 is 24.8 Å². The Morgan fingerprint density at radius 1 is 1.00 bits per heavy atom. The first-order valence-electron chi connectivity index (χ1n) is 10.6. The van der Waals surface area contributed by atoms with Crippen LogP contribution in [0.4, 0.5) is 0 Å². The summed E-state index contributed by atoms with van der Waals surface area (Å²) >= 11 is 0. The van der Waals surface area contributed by atoms with Gasteiger partial charge in [0.25, 0.3) is 0 Å². The Kier molecular flexibility index (Phi) is 14.1. The fourth-order valence-corrected chi connectivity index (χ4v) is 3.31. The van der Waals surface area contributed by atoms with Gasteiger partial charge >= 0.3 is 0 Å². The molecule has 1 aliphatic heterocycles. The number of ether oxygens (including phenoxy) is 2. The molecule has 1 aliphatic rings. The van der Waals surface area contributed by atoms with Crippen LogP contribution in [0, 0.1) is 0 Å². The van der Waals surface area contributed by atoms with Gasteiger partial charge in [-0.2, -0.15) is 0 Å². The lowest BCUT2D eigenvalue weighted by molar-refractivity contribution is -0.0935. The Balaban J connectivity index is 1.95. The monoisotopic (exact) mass is 372 g/mol. The topological polar surface area (TPSA) is 79.2 Å². The highest BCUT2D eigenvalue weighted by Gasteiger charge is 2.40. The Morgan fingerprint density at radius 3 is 2.27 bits per heavy atom. The molecule has 1 rings (SSSR count). The highest BCUT2D eigenvalue weighted by atomic mass is 16.6. The summed E-state index contributed by atoms with van der Waals surface area (Å²) in [5.41, 5.74) is 0. The van der Waals surface area contributed by atoms with Gasteiger partial charge in [-0.1, -0.05) is 64.0 Å². The van der Waals surface area contributed by atoms with Gasteiger partial charge in [0, 0.05) is 6.61 Å². The van der Waals surface area contributed by atoms with Gasteiger partial charge in [0.2, 0.25) is 0 Å². The lowest BCUT2D eigenvalue weighted by atomic mass is 10.1. The van der Waals surface area contributed by atoms with Crippen LogP contribution < -0.4 is 0 Å². The quantitative estimate of drug-likeness (QED) is 0.286. The van der Waals surface area contributed by atoms with E-state index in [0.717, 1.165) is 19.3 Å². The van der Waals surface area contributed by atoms with E-state index in [1.807, 2.05) is 0 Å². The first-order valence-corrected chi connectivity index (χ1v) is 10.6. The van der Waals surface area contributed by atoms with Crippen LogP contribution in [-0.4, -0.2) is 59.6 Å². The van der Waals surface area contributed by atoms with Crippen molar-refractivity contribution in [1.29, 1.82) is 0 Å². The molecule has 1 saturated heterocycles. The van der Waals surface area contributed by atoms with E-state index in [4.69, 9.17) is 14.6 Å². The van der Waals surface area contributed by atoms with E-state index in [1.54, 1.807) is 0 Å². The summed E-state index contributed by atoms with van der Waals surface area (Å²) in [5, 5.41) is 28.6. The van der Waals surface area contributed by atoms with E-state index < -0.39 is 31.0 Å². The molecule has 0 bridgehead atoms. The van der Waals surface area contributed by atoms with E-state index in [9.17, 15) is 10.2 Å². The van der Waals surface area contributed by atoms with Gasteiger partial charge in [0.05, 0.1) is 13.2 Å². The van der Waals surface area contributed by atoms with Crippen LogP contribution >= 0.6 is 0 Å². The third kappa shape index (κ3) is 10.0. The summed E-state index contributed by atoms with van der Waals surface area (Å²) < 4.78 is 11.0. The van der Waals surface area contributed by atoms with Crippen LogP contribution in [-0.2, 0) is 9.47 Å². The highest BCUT2D eigenvalue weighted by molar-refractivity contribution is 4.89. The van der Waals surface area contributed by atoms with Gasteiger partial charge in [-0.25, -0.2) is 0 Å². The minimum Gasteiger partial charge on any atom is -0.394 e. The van der Waals surface area contributed by atoms with Crippen LogP contribution in [0.15, 0.2) is 12.2 Å².